The van der Waals surface area contributed by atoms with Crippen molar-refractivity contribution >= 4 is 12.2 Å². The third-order valence-electron chi connectivity index (χ3n) is 2.80. The summed E-state index contributed by atoms with van der Waals surface area (Å²) in [4.78, 5) is 22.3. The molecular weight excluding hydrogens is 282 g/mol. The largest absolute Gasteiger partial charge is 0.492 e. The maximum absolute atomic E-state index is 11.6. The van der Waals surface area contributed by atoms with Crippen LogP contribution in [0.15, 0.2) is 54.6 Å². The van der Waals surface area contributed by atoms with Crippen molar-refractivity contribution in [3.05, 3.63) is 60.2 Å². The van der Waals surface area contributed by atoms with Crippen molar-refractivity contribution < 1.29 is 19.1 Å². The smallest absolute Gasteiger partial charge is 0.258 e. The maximum atomic E-state index is 11.6. The predicted molar refractivity (Wildman–Crippen MR) is 82.3 cm³/mol. The number of carbonyl (C=O) groups is 2. The molecule has 0 saturated carbocycles. The molecule has 5 nitrogen and oxygen atoms in total. The fraction of sp³-hybridized carbons (Fsp3) is 0.176. The zero-order chi connectivity index (χ0) is 15.6. The van der Waals surface area contributed by atoms with Crippen LogP contribution in [0.4, 0.5) is 0 Å². The highest BCUT2D eigenvalue weighted by atomic mass is 16.5. The molecule has 0 radical (unpaired) electrons. The van der Waals surface area contributed by atoms with Crippen LogP contribution in [-0.4, -0.2) is 32.0 Å². The summed E-state index contributed by atoms with van der Waals surface area (Å²) in [6, 6.07) is 16.0. The molecule has 1 N–H and O–H groups in total. The SMILES string of the molecule is O=Cc1cccc(OCC(=O)NCCOc2ccccc2)c1. The average Bonchev–Trinajstić information content (AvgIpc) is 2.58. The Bertz CT molecular complexity index is 613. The number of benzene rings is 2. The average molecular weight is 299 g/mol. The predicted octanol–water partition coefficient (Wildman–Crippen LogP) is 2.07. The first-order valence-corrected chi connectivity index (χ1v) is 6.90. The quantitative estimate of drug-likeness (QED) is 0.598. The third kappa shape index (κ3) is 5.28. The molecule has 0 saturated heterocycles. The molecule has 0 unspecified atom stereocenters. The van der Waals surface area contributed by atoms with Crippen LogP contribution in [0.1, 0.15) is 10.4 Å². The minimum atomic E-state index is -0.242. The Morgan fingerprint density at radius 2 is 1.77 bits per heavy atom. The molecule has 5 heteroatoms. The van der Waals surface area contributed by atoms with Crippen molar-refractivity contribution in [2.75, 3.05) is 19.8 Å². The van der Waals surface area contributed by atoms with Gasteiger partial charge in [0.15, 0.2) is 6.61 Å². The van der Waals surface area contributed by atoms with Crippen LogP contribution in [0.3, 0.4) is 0 Å². The summed E-state index contributed by atoms with van der Waals surface area (Å²) in [6.45, 7) is 0.676. The van der Waals surface area contributed by atoms with E-state index < -0.39 is 0 Å². The van der Waals surface area contributed by atoms with E-state index in [1.165, 1.54) is 0 Å². The first-order valence-electron chi connectivity index (χ1n) is 6.90. The highest BCUT2D eigenvalue weighted by Crippen LogP contribution is 2.11. The molecule has 0 aliphatic carbocycles. The molecule has 114 valence electrons. The Balaban J connectivity index is 1.64. The van der Waals surface area contributed by atoms with Gasteiger partial charge in [-0.15, -0.1) is 0 Å². The number of ether oxygens (including phenoxy) is 2. The molecule has 0 atom stereocenters. The summed E-state index contributed by atoms with van der Waals surface area (Å²) in [5.41, 5.74) is 0.508. The molecule has 1 amide bonds. The van der Waals surface area contributed by atoms with E-state index in [1.807, 2.05) is 30.3 Å². The fourth-order valence-corrected chi connectivity index (χ4v) is 1.75. The van der Waals surface area contributed by atoms with Crippen molar-refractivity contribution in [3.63, 3.8) is 0 Å². The van der Waals surface area contributed by atoms with Crippen LogP contribution < -0.4 is 14.8 Å². The number of hydrogen-bond donors (Lipinski definition) is 1. The van der Waals surface area contributed by atoms with Gasteiger partial charge in [-0.05, 0) is 24.3 Å². The topological polar surface area (TPSA) is 64.6 Å². The lowest BCUT2D eigenvalue weighted by Crippen LogP contribution is -2.32. The lowest BCUT2D eigenvalue weighted by atomic mass is 10.2. The highest BCUT2D eigenvalue weighted by Gasteiger charge is 2.03. The zero-order valence-corrected chi connectivity index (χ0v) is 12.0. The Hall–Kier alpha value is -2.82. The van der Waals surface area contributed by atoms with E-state index in [9.17, 15) is 9.59 Å². The second kappa shape index (κ2) is 8.46. The summed E-state index contributed by atoms with van der Waals surface area (Å²) in [7, 11) is 0. The Morgan fingerprint density at radius 1 is 1.00 bits per heavy atom. The molecule has 2 rings (SSSR count). The number of carbonyl (C=O) groups excluding carboxylic acids is 2. The molecule has 2 aromatic carbocycles. The van der Waals surface area contributed by atoms with Crippen LogP contribution in [0, 0.1) is 0 Å². The Morgan fingerprint density at radius 3 is 2.55 bits per heavy atom. The minimum Gasteiger partial charge on any atom is -0.492 e. The molecule has 0 spiro atoms. The van der Waals surface area contributed by atoms with Crippen LogP contribution in [0.5, 0.6) is 11.5 Å². The third-order valence-corrected chi connectivity index (χ3v) is 2.80. The summed E-state index contributed by atoms with van der Waals surface area (Å²) in [6.07, 6.45) is 0.730. The van der Waals surface area contributed by atoms with E-state index in [-0.39, 0.29) is 12.5 Å². The Kier molecular flexibility index (Phi) is 5.99. The van der Waals surface area contributed by atoms with Gasteiger partial charge in [0.25, 0.3) is 5.91 Å². The van der Waals surface area contributed by atoms with Gasteiger partial charge >= 0.3 is 0 Å². The van der Waals surface area contributed by atoms with Gasteiger partial charge in [0.2, 0.25) is 0 Å². The first-order chi connectivity index (χ1) is 10.8. The van der Waals surface area contributed by atoms with Gasteiger partial charge in [0, 0.05) is 5.56 Å². The van der Waals surface area contributed by atoms with Crippen molar-refractivity contribution in [3.8, 4) is 11.5 Å². The summed E-state index contributed by atoms with van der Waals surface area (Å²) < 4.78 is 10.8. The molecule has 0 bridgehead atoms. The summed E-state index contributed by atoms with van der Waals surface area (Å²) in [5.74, 6) is 1.01. The second-order valence-electron chi connectivity index (χ2n) is 4.49. The Labute approximate surface area is 128 Å². The molecule has 0 aliphatic rings. The number of hydrogen-bond acceptors (Lipinski definition) is 4. The monoisotopic (exact) mass is 299 g/mol. The van der Waals surface area contributed by atoms with Crippen molar-refractivity contribution in [2.24, 2.45) is 0 Å². The van der Waals surface area contributed by atoms with E-state index in [0.717, 1.165) is 12.0 Å². The lowest BCUT2D eigenvalue weighted by Gasteiger charge is -2.09. The van der Waals surface area contributed by atoms with Crippen molar-refractivity contribution in [2.45, 2.75) is 0 Å². The van der Waals surface area contributed by atoms with E-state index in [4.69, 9.17) is 9.47 Å². The van der Waals surface area contributed by atoms with Gasteiger partial charge in [-0.25, -0.2) is 0 Å². The highest BCUT2D eigenvalue weighted by molar-refractivity contribution is 5.78. The van der Waals surface area contributed by atoms with E-state index in [2.05, 4.69) is 5.32 Å². The number of amides is 1. The van der Waals surface area contributed by atoms with Crippen LogP contribution in [0.2, 0.25) is 0 Å². The minimum absolute atomic E-state index is 0.104. The zero-order valence-electron chi connectivity index (χ0n) is 12.0. The van der Waals surface area contributed by atoms with Gasteiger partial charge < -0.3 is 14.8 Å². The standard InChI is InChI=1S/C17H17NO4/c19-12-14-5-4-8-16(11-14)22-13-17(20)18-9-10-21-15-6-2-1-3-7-15/h1-8,11-12H,9-10,13H2,(H,18,20). The fourth-order valence-electron chi connectivity index (χ4n) is 1.75. The summed E-state index contributed by atoms with van der Waals surface area (Å²) in [5, 5.41) is 2.69. The maximum Gasteiger partial charge on any atom is 0.258 e. The molecular formula is C17H17NO4. The molecule has 0 aromatic heterocycles. The number of para-hydroxylation sites is 1. The van der Waals surface area contributed by atoms with E-state index >= 15 is 0 Å². The van der Waals surface area contributed by atoms with Gasteiger partial charge in [0.1, 0.15) is 24.4 Å². The van der Waals surface area contributed by atoms with E-state index in [0.29, 0.717) is 24.5 Å². The van der Waals surface area contributed by atoms with Gasteiger partial charge in [-0.2, -0.15) is 0 Å². The van der Waals surface area contributed by atoms with Gasteiger partial charge in [-0.3, -0.25) is 9.59 Å². The number of aldehydes is 1. The molecule has 0 aliphatic heterocycles. The molecule has 0 fully saturated rings. The molecule has 22 heavy (non-hydrogen) atoms. The van der Waals surface area contributed by atoms with Crippen LogP contribution in [0.25, 0.3) is 0 Å². The number of nitrogens with one attached hydrogen (secondary N) is 1. The lowest BCUT2D eigenvalue weighted by molar-refractivity contribution is -0.123. The second-order valence-corrected chi connectivity index (χ2v) is 4.49. The van der Waals surface area contributed by atoms with Crippen LogP contribution >= 0.6 is 0 Å². The molecule has 2 aromatic rings. The van der Waals surface area contributed by atoms with Crippen molar-refractivity contribution in [1.82, 2.24) is 5.32 Å². The molecule has 0 heterocycles. The van der Waals surface area contributed by atoms with Crippen LogP contribution in [-0.2, 0) is 4.79 Å². The summed E-state index contributed by atoms with van der Waals surface area (Å²) >= 11 is 0. The van der Waals surface area contributed by atoms with Crippen molar-refractivity contribution in [1.29, 1.82) is 0 Å². The normalized spacial score (nSPS) is 9.82. The first kappa shape index (κ1) is 15.6. The number of rotatable bonds is 8. The van der Waals surface area contributed by atoms with Gasteiger partial charge in [-0.1, -0.05) is 30.3 Å². The van der Waals surface area contributed by atoms with Gasteiger partial charge in [0.05, 0.1) is 6.54 Å². The van der Waals surface area contributed by atoms with E-state index in [1.54, 1.807) is 24.3 Å².